The van der Waals surface area contributed by atoms with Crippen molar-refractivity contribution in [2.45, 2.75) is 13.8 Å². The minimum atomic E-state index is 0.134. The second-order valence-corrected chi connectivity index (χ2v) is 2.77. The third-order valence-corrected chi connectivity index (χ3v) is 1.83. The summed E-state index contributed by atoms with van der Waals surface area (Å²) in [7, 11) is 0. The Labute approximate surface area is 82.0 Å². The molecule has 0 amide bonds. The van der Waals surface area contributed by atoms with Gasteiger partial charge in [-0.25, -0.2) is 0 Å². The van der Waals surface area contributed by atoms with Crippen LogP contribution in [0.1, 0.15) is 13.8 Å². The number of nitrogens with two attached hydrogens (primary N) is 1. The zero-order valence-electron chi connectivity index (χ0n) is 7.66. The maximum Gasteiger partial charge on any atom is 0.231 e. The number of hydrogen-bond donors (Lipinski definition) is 1. The Morgan fingerprint density at radius 3 is 2.31 bits per heavy atom. The van der Waals surface area contributed by atoms with Crippen LogP contribution in [0, 0.1) is 0 Å². The summed E-state index contributed by atoms with van der Waals surface area (Å²) in [5.74, 6) is 0.685. The van der Waals surface area contributed by atoms with Gasteiger partial charge in [-0.05, 0) is 25.4 Å². The smallest absolute Gasteiger partial charge is 0.231 e. The molecular weight excluding hydrogens is 190 g/mol. The summed E-state index contributed by atoms with van der Waals surface area (Å²) < 4.78 is 0. The topological polar surface area (TPSA) is 67.9 Å². The van der Waals surface area contributed by atoms with Crippen molar-refractivity contribution in [3.8, 4) is 0 Å². The second kappa shape index (κ2) is 4.23. The van der Waals surface area contributed by atoms with E-state index in [4.69, 9.17) is 17.3 Å². The fourth-order valence-corrected chi connectivity index (χ4v) is 1.16. The summed E-state index contributed by atoms with van der Waals surface area (Å²) in [6.07, 6.45) is 0. The molecule has 1 aromatic rings. The van der Waals surface area contributed by atoms with Crippen molar-refractivity contribution in [1.82, 2.24) is 15.0 Å². The van der Waals surface area contributed by atoms with E-state index in [0.717, 1.165) is 13.1 Å². The molecule has 1 heterocycles. The zero-order chi connectivity index (χ0) is 9.84. The lowest BCUT2D eigenvalue weighted by Crippen LogP contribution is -2.24. The molecule has 6 heteroatoms. The fraction of sp³-hybridized carbons (Fsp3) is 0.571. The second-order valence-electron chi connectivity index (χ2n) is 2.43. The molecule has 0 saturated carbocycles. The van der Waals surface area contributed by atoms with E-state index in [1.165, 1.54) is 0 Å². The maximum atomic E-state index is 5.64. The first kappa shape index (κ1) is 9.98. The Morgan fingerprint density at radius 2 is 1.85 bits per heavy atom. The van der Waals surface area contributed by atoms with Crippen molar-refractivity contribution in [1.29, 1.82) is 0 Å². The molecule has 0 aromatic carbocycles. The largest absolute Gasteiger partial charge is 0.368 e. The van der Waals surface area contributed by atoms with E-state index in [9.17, 15) is 0 Å². The van der Waals surface area contributed by atoms with Crippen LogP contribution in [0.5, 0.6) is 0 Å². The van der Waals surface area contributed by atoms with Gasteiger partial charge in [0.25, 0.3) is 0 Å². The normalized spacial score (nSPS) is 10.1. The lowest BCUT2D eigenvalue weighted by atomic mass is 10.5. The van der Waals surface area contributed by atoms with Gasteiger partial charge in [0.1, 0.15) is 0 Å². The summed E-state index contributed by atoms with van der Waals surface area (Å²) in [6.45, 7) is 5.65. The van der Waals surface area contributed by atoms with E-state index in [1.54, 1.807) is 0 Å². The van der Waals surface area contributed by atoms with Crippen LogP contribution in [0.4, 0.5) is 11.9 Å². The van der Waals surface area contributed by atoms with Crippen molar-refractivity contribution in [3.63, 3.8) is 0 Å². The molecule has 13 heavy (non-hydrogen) atoms. The summed E-state index contributed by atoms with van der Waals surface area (Å²) in [5, 5.41) is 0.134. The van der Waals surface area contributed by atoms with Gasteiger partial charge in [-0.2, -0.15) is 15.0 Å². The molecule has 0 fully saturated rings. The molecule has 0 spiro atoms. The first-order valence-corrected chi connectivity index (χ1v) is 4.47. The predicted molar refractivity (Wildman–Crippen MR) is 52.8 cm³/mol. The number of halogens is 1. The average Bonchev–Trinajstić information content (AvgIpc) is 2.04. The molecule has 1 aromatic heterocycles. The van der Waals surface area contributed by atoms with E-state index in [-0.39, 0.29) is 11.2 Å². The van der Waals surface area contributed by atoms with Gasteiger partial charge in [-0.15, -0.1) is 0 Å². The third kappa shape index (κ3) is 2.42. The van der Waals surface area contributed by atoms with Crippen molar-refractivity contribution in [3.05, 3.63) is 5.28 Å². The highest BCUT2D eigenvalue weighted by atomic mass is 35.5. The van der Waals surface area contributed by atoms with Gasteiger partial charge >= 0.3 is 0 Å². The summed E-state index contributed by atoms with van der Waals surface area (Å²) in [6, 6.07) is 0. The summed E-state index contributed by atoms with van der Waals surface area (Å²) >= 11 is 5.64. The lowest BCUT2D eigenvalue weighted by Gasteiger charge is -2.17. The predicted octanol–water partition coefficient (Wildman–Crippen LogP) is 0.953. The van der Waals surface area contributed by atoms with Gasteiger partial charge < -0.3 is 10.6 Å². The van der Waals surface area contributed by atoms with E-state index in [2.05, 4.69) is 15.0 Å². The van der Waals surface area contributed by atoms with Gasteiger partial charge in [0.2, 0.25) is 17.2 Å². The van der Waals surface area contributed by atoms with Crippen molar-refractivity contribution >= 4 is 23.5 Å². The van der Waals surface area contributed by atoms with E-state index >= 15 is 0 Å². The maximum absolute atomic E-state index is 5.64. The minimum Gasteiger partial charge on any atom is -0.368 e. The fourth-order valence-electron chi connectivity index (χ4n) is 1.00. The Hall–Kier alpha value is -1.10. The van der Waals surface area contributed by atoms with Crippen molar-refractivity contribution in [2.24, 2.45) is 0 Å². The molecule has 0 aliphatic carbocycles. The van der Waals surface area contributed by atoms with Crippen LogP contribution in [0.15, 0.2) is 0 Å². The van der Waals surface area contributed by atoms with Gasteiger partial charge in [0.15, 0.2) is 0 Å². The summed E-state index contributed by atoms with van der Waals surface area (Å²) in [4.78, 5) is 13.6. The molecule has 0 atom stereocenters. The number of rotatable bonds is 3. The lowest BCUT2D eigenvalue weighted by molar-refractivity contribution is 0.814. The molecule has 5 nitrogen and oxygen atoms in total. The van der Waals surface area contributed by atoms with Crippen LogP contribution in [0.25, 0.3) is 0 Å². The van der Waals surface area contributed by atoms with E-state index in [1.807, 2.05) is 18.7 Å². The first-order valence-electron chi connectivity index (χ1n) is 4.09. The van der Waals surface area contributed by atoms with Crippen molar-refractivity contribution in [2.75, 3.05) is 23.7 Å². The molecule has 1 rings (SSSR count). The van der Waals surface area contributed by atoms with Gasteiger partial charge in [-0.3, -0.25) is 0 Å². The number of anilines is 2. The standard InChI is InChI=1S/C7H12ClN5/c1-3-13(4-2)7-11-5(8)10-6(9)12-7/h3-4H2,1-2H3,(H2,9,10,11,12). The van der Waals surface area contributed by atoms with Crippen LogP contribution in [0.3, 0.4) is 0 Å². The van der Waals surface area contributed by atoms with Crippen molar-refractivity contribution < 1.29 is 0 Å². The highest BCUT2D eigenvalue weighted by molar-refractivity contribution is 6.28. The number of nitrogen functional groups attached to an aromatic ring is 1. The molecule has 0 unspecified atom stereocenters. The molecule has 0 radical (unpaired) electrons. The number of aromatic nitrogens is 3. The van der Waals surface area contributed by atoms with Gasteiger partial charge in [-0.1, -0.05) is 0 Å². The number of nitrogens with zero attached hydrogens (tertiary/aromatic N) is 4. The molecule has 0 bridgehead atoms. The Balaban J connectivity index is 2.99. The highest BCUT2D eigenvalue weighted by Gasteiger charge is 2.07. The third-order valence-electron chi connectivity index (χ3n) is 1.66. The monoisotopic (exact) mass is 201 g/mol. The first-order chi connectivity index (χ1) is 6.17. The Morgan fingerprint density at radius 1 is 1.23 bits per heavy atom. The Kier molecular flexibility index (Phi) is 3.25. The van der Waals surface area contributed by atoms with Crippen LogP contribution in [0.2, 0.25) is 5.28 Å². The highest BCUT2D eigenvalue weighted by Crippen LogP contribution is 2.11. The molecule has 0 aliphatic heterocycles. The van der Waals surface area contributed by atoms with E-state index < -0.39 is 0 Å². The summed E-state index contributed by atoms with van der Waals surface area (Å²) in [5.41, 5.74) is 5.43. The quantitative estimate of drug-likeness (QED) is 0.789. The van der Waals surface area contributed by atoms with Crippen LogP contribution in [-0.4, -0.2) is 28.0 Å². The molecule has 2 N–H and O–H groups in total. The van der Waals surface area contributed by atoms with Crippen LogP contribution >= 0.6 is 11.6 Å². The molecular formula is C7H12ClN5. The minimum absolute atomic E-state index is 0.134. The van der Waals surface area contributed by atoms with Crippen LogP contribution in [-0.2, 0) is 0 Å². The zero-order valence-corrected chi connectivity index (χ0v) is 8.41. The van der Waals surface area contributed by atoms with Gasteiger partial charge in [0.05, 0.1) is 0 Å². The van der Waals surface area contributed by atoms with Gasteiger partial charge in [0, 0.05) is 13.1 Å². The molecule has 0 saturated heterocycles. The molecule has 0 aliphatic rings. The van der Waals surface area contributed by atoms with Crippen LogP contribution < -0.4 is 10.6 Å². The number of hydrogen-bond acceptors (Lipinski definition) is 5. The average molecular weight is 202 g/mol. The molecule has 72 valence electrons. The van der Waals surface area contributed by atoms with E-state index in [0.29, 0.717) is 5.95 Å². The Bertz CT molecular complexity index is 266. The SMILES string of the molecule is CCN(CC)c1nc(N)nc(Cl)n1.